The molecule has 0 saturated carbocycles. The number of carboxylic acid groups (broad SMARTS) is 1. The SMILES string of the molecule is CCCCOC(=O)CC(C(=O)O)C(C)C. The van der Waals surface area contributed by atoms with Crippen molar-refractivity contribution in [3.8, 4) is 0 Å². The van der Waals surface area contributed by atoms with Gasteiger partial charge in [0.15, 0.2) is 0 Å². The summed E-state index contributed by atoms with van der Waals surface area (Å²) in [5.41, 5.74) is 0. The van der Waals surface area contributed by atoms with Crippen LogP contribution < -0.4 is 0 Å². The van der Waals surface area contributed by atoms with Crippen molar-refractivity contribution in [3.63, 3.8) is 0 Å². The highest BCUT2D eigenvalue weighted by Gasteiger charge is 2.25. The van der Waals surface area contributed by atoms with Crippen LogP contribution in [0, 0.1) is 11.8 Å². The number of hydrogen-bond acceptors (Lipinski definition) is 3. The van der Waals surface area contributed by atoms with Gasteiger partial charge in [0, 0.05) is 0 Å². The summed E-state index contributed by atoms with van der Waals surface area (Å²) < 4.78 is 4.91. The molecule has 0 aliphatic heterocycles. The van der Waals surface area contributed by atoms with Gasteiger partial charge in [-0.25, -0.2) is 0 Å². The minimum atomic E-state index is -0.933. The van der Waals surface area contributed by atoms with Crippen LogP contribution in [0.1, 0.15) is 40.0 Å². The summed E-state index contributed by atoms with van der Waals surface area (Å²) in [6.45, 7) is 5.97. The van der Waals surface area contributed by atoms with E-state index in [1.54, 1.807) is 13.8 Å². The number of hydrogen-bond donors (Lipinski definition) is 1. The molecule has 1 N–H and O–H groups in total. The normalized spacial score (nSPS) is 12.5. The largest absolute Gasteiger partial charge is 0.481 e. The Hall–Kier alpha value is -1.06. The van der Waals surface area contributed by atoms with E-state index >= 15 is 0 Å². The highest BCUT2D eigenvalue weighted by molar-refractivity contribution is 5.78. The van der Waals surface area contributed by atoms with Crippen molar-refractivity contribution in [2.45, 2.75) is 40.0 Å². The van der Waals surface area contributed by atoms with Crippen LogP contribution in [0.2, 0.25) is 0 Å². The summed E-state index contributed by atoms with van der Waals surface area (Å²) in [4.78, 5) is 22.1. The Kier molecular flexibility index (Phi) is 6.75. The average Bonchev–Trinajstić information content (AvgIpc) is 2.13. The van der Waals surface area contributed by atoms with Gasteiger partial charge < -0.3 is 9.84 Å². The first-order chi connectivity index (χ1) is 6.99. The standard InChI is InChI=1S/C11H20O4/c1-4-5-6-15-10(12)7-9(8(2)3)11(13)14/h8-9H,4-7H2,1-3H3,(H,13,14). The third-order valence-electron chi connectivity index (χ3n) is 2.27. The Morgan fingerprint density at radius 1 is 1.33 bits per heavy atom. The fourth-order valence-electron chi connectivity index (χ4n) is 1.18. The molecule has 0 aliphatic rings. The molecule has 0 saturated heterocycles. The van der Waals surface area contributed by atoms with Crippen LogP contribution in [0.15, 0.2) is 0 Å². The van der Waals surface area contributed by atoms with Gasteiger partial charge in [-0.2, -0.15) is 0 Å². The Bertz CT molecular complexity index is 211. The van der Waals surface area contributed by atoms with Crippen molar-refractivity contribution in [1.29, 1.82) is 0 Å². The average molecular weight is 216 g/mol. The van der Waals surface area contributed by atoms with E-state index in [1.807, 2.05) is 6.92 Å². The molecule has 0 radical (unpaired) electrons. The lowest BCUT2D eigenvalue weighted by atomic mass is 9.93. The molecule has 1 atom stereocenters. The van der Waals surface area contributed by atoms with Gasteiger partial charge >= 0.3 is 11.9 Å². The van der Waals surface area contributed by atoms with Crippen molar-refractivity contribution >= 4 is 11.9 Å². The van der Waals surface area contributed by atoms with Gasteiger partial charge in [-0.05, 0) is 12.3 Å². The van der Waals surface area contributed by atoms with Gasteiger partial charge in [-0.3, -0.25) is 9.59 Å². The maximum atomic E-state index is 11.3. The maximum Gasteiger partial charge on any atom is 0.307 e. The fourth-order valence-corrected chi connectivity index (χ4v) is 1.18. The zero-order chi connectivity index (χ0) is 11.8. The number of carboxylic acids is 1. The molecule has 0 aromatic carbocycles. The Morgan fingerprint density at radius 2 is 1.93 bits per heavy atom. The minimum absolute atomic E-state index is 0.0310. The van der Waals surface area contributed by atoms with Gasteiger partial charge in [0.05, 0.1) is 18.9 Å². The molecule has 0 heterocycles. The number of unbranched alkanes of at least 4 members (excludes halogenated alkanes) is 1. The first-order valence-electron chi connectivity index (χ1n) is 5.37. The fraction of sp³-hybridized carbons (Fsp3) is 0.818. The number of aliphatic carboxylic acids is 1. The highest BCUT2D eigenvalue weighted by atomic mass is 16.5. The molecule has 0 fully saturated rings. The summed E-state index contributed by atoms with van der Waals surface area (Å²) in [5.74, 6) is -2.04. The van der Waals surface area contributed by atoms with Crippen LogP contribution in [0.4, 0.5) is 0 Å². The minimum Gasteiger partial charge on any atom is -0.481 e. The molecule has 4 heteroatoms. The van der Waals surface area contributed by atoms with Gasteiger partial charge in [-0.15, -0.1) is 0 Å². The number of carbonyl (C=O) groups is 2. The molecule has 0 aromatic rings. The molecule has 0 bridgehead atoms. The molecule has 4 nitrogen and oxygen atoms in total. The summed E-state index contributed by atoms with van der Waals surface area (Å²) >= 11 is 0. The second-order valence-corrected chi connectivity index (χ2v) is 3.97. The number of esters is 1. The lowest BCUT2D eigenvalue weighted by Gasteiger charge is -2.14. The topological polar surface area (TPSA) is 63.6 Å². The van der Waals surface area contributed by atoms with E-state index in [9.17, 15) is 9.59 Å². The van der Waals surface area contributed by atoms with E-state index in [0.717, 1.165) is 12.8 Å². The third kappa shape index (κ3) is 6.10. The van der Waals surface area contributed by atoms with Crippen LogP contribution in [0.25, 0.3) is 0 Å². The zero-order valence-electron chi connectivity index (χ0n) is 9.66. The first kappa shape index (κ1) is 13.9. The predicted octanol–water partition coefficient (Wildman–Crippen LogP) is 2.08. The second-order valence-electron chi connectivity index (χ2n) is 3.97. The van der Waals surface area contributed by atoms with E-state index in [4.69, 9.17) is 9.84 Å². The molecule has 0 aliphatic carbocycles. The molecule has 0 amide bonds. The monoisotopic (exact) mass is 216 g/mol. The Balaban J connectivity index is 3.95. The van der Waals surface area contributed by atoms with Crippen molar-refractivity contribution in [2.75, 3.05) is 6.61 Å². The van der Waals surface area contributed by atoms with Crippen LogP contribution in [-0.2, 0) is 14.3 Å². The van der Waals surface area contributed by atoms with Crippen LogP contribution in [0.3, 0.4) is 0 Å². The maximum absolute atomic E-state index is 11.3. The van der Waals surface area contributed by atoms with Crippen molar-refractivity contribution in [2.24, 2.45) is 11.8 Å². The molecule has 88 valence electrons. The van der Waals surface area contributed by atoms with E-state index in [2.05, 4.69) is 0 Å². The summed E-state index contributed by atoms with van der Waals surface area (Å²) in [6, 6.07) is 0. The lowest BCUT2D eigenvalue weighted by Crippen LogP contribution is -2.24. The Labute approximate surface area is 90.6 Å². The molecule has 15 heavy (non-hydrogen) atoms. The quantitative estimate of drug-likeness (QED) is 0.522. The number of carbonyl (C=O) groups excluding carboxylic acids is 1. The first-order valence-corrected chi connectivity index (χ1v) is 5.37. The smallest absolute Gasteiger partial charge is 0.307 e. The van der Waals surface area contributed by atoms with Crippen molar-refractivity contribution in [3.05, 3.63) is 0 Å². The summed E-state index contributed by atoms with van der Waals surface area (Å²) in [6.07, 6.45) is 1.75. The van der Waals surface area contributed by atoms with Gasteiger partial charge in [0.25, 0.3) is 0 Å². The third-order valence-corrected chi connectivity index (χ3v) is 2.27. The van der Waals surface area contributed by atoms with Crippen molar-refractivity contribution in [1.82, 2.24) is 0 Å². The van der Waals surface area contributed by atoms with Gasteiger partial charge in [-0.1, -0.05) is 27.2 Å². The van der Waals surface area contributed by atoms with Crippen LogP contribution in [-0.4, -0.2) is 23.7 Å². The second kappa shape index (κ2) is 7.26. The number of ether oxygens (including phenoxy) is 1. The lowest BCUT2D eigenvalue weighted by molar-refractivity contribution is -0.153. The van der Waals surface area contributed by atoms with Gasteiger partial charge in [0.1, 0.15) is 0 Å². The van der Waals surface area contributed by atoms with Crippen LogP contribution >= 0.6 is 0 Å². The Morgan fingerprint density at radius 3 is 2.33 bits per heavy atom. The van der Waals surface area contributed by atoms with E-state index in [-0.39, 0.29) is 12.3 Å². The molecular formula is C11H20O4. The van der Waals surface area contributed by atoms with E-state index < -0.39 is 17.9 Å². The van der Waals surface area contributed by atoms with E-state index in [1.165, 1.54) is 0 Å². The highest BCUT2D eigenvalue weighted by Crippen LogP contribution is 2.16. The molecule has 0 aromatic heterocycles. The molecule has 0 spiro atoms. The number of rotatable bonds is 7. The molecule has 1 unspecified atom stereocenters. The summed E-state index contributed by atoms with van der Waals surface area (Å²) in [5, 5.41) is 8.86. The predicted molar refractivity (Wildman–Crippen MR) is 56.4 cm³/mol. The van der Waals surface area contributed by atoms with Crippen LogP contribution in [0.5, 0.6) is 0 Å². The molecule has 0 rings (SSSR count). The van der Waals surface area contributed by atoms with Gasteiger partial charge in [0.2, 0.25) is 0 Å². The zero-order valence-corrected chi connectivity index (χ0v) is 9.66. The van der Waals surface area contributed by atoms with E-state index in [0.29, 0.717) is 6.61 Å². The molecular weight excluding hydrogens is 196 g/mol. The van der Waals surface area contributed by atoms with Crippen molar-refractivity contribution < 1.29 is 19.4 Å². The summed E-state index contributed by atoms with van der Waals surface area (Å²) in [7, 11) is 0.